The van der Waals surface area contributed by atoms with E-state index in [1.807, 2.05) is 25.1 Å². The normalized spacial score (nSPS) is 10.0. The summed E-state index contributed by atoms with van der Waals surface area (Å²) in [6, 6.07) is 13.3. The third-order valence-corrected chi connectivity index (χ3v) is 2.39. The van der Waals surface area contributed by atoms with Crippen LogP contribution in [0.2, 0.25) is 0 Å². The van der Waals surface area contributed by atoms with E-state index < -0.39 is 11.7 Å². The van der Waals surface area contributed by atoms with Gasteiger partial charge in [0.2, 0.25) is 0 Å². The molecule has 17 heavy (non-hydrogen) atoms. The average molecular weight is 229 g/mol. The van der Waals surface area contributed by atoms with Gasteiger partial charge < -0.3 is 5.32 Å². The number of halogens is 1. The molecule has 2 rings (SSSR count). The number of hydrogen-bond donors (Lipinski definition) is 1. The van der Waals surface area contributed by atoms with Crippen LogP contribution in [-0.2, 0) is 0 Å². The van der Waals surface area contributed by atoms with Gasteiger partial charge in [-0.3, -0.25) is 4.79 Å². The minimum atomic E-state index is -0.516. The van der Waals surface area contributed by atoms with E-state index in [2.05, 4.69) is 5.32 Å². The molecule has 2 nitrogen and oxygen atoms in total. The van der Waals surface area contributed by atoms with Gasteiger partial charge in [0.1, 0.15) is 5.82 Å². The highest BCUT2D eigenvalue weighted by Gasteiger charge is 2.10. The Hall–Kier alpha value is -2.16. The summed E-state index contributed by atoms with van der Waals surface area (Å²) < 4.78 is 13.4. The van der Waals surface area contributed by atoms with Crippen molar-refractivity contribution in [2.24, 2.45) is 0 Å². The highest BCUT2D eigenvalue weighted by Crippen LogP contribution is 2.13. The van der Waals surface area contributed by atoms with Gasteiger partial charge in [-0.25, -0.2) is 4.39 Å². The fraction of sp³-hybridized carbons (Fsp3) is 0.0714. The standard InChI is InChI=1S/C14H12FNO/c1-10-5-4-6-11(9-10)16-14(17)12-7-2-3-8-13(12)15/h2-9H,1H3,(H,16,17). The summed E-state index contributed by atoms with van der Waals surface area (Å²) in [5.74, 6) is -0.952. The Morgan fingerprint density at radius 2 is 1.88 bits per heavy atom. The third-order valence-electron chi connectivity index (χ3n) is 2.39. The van der Waals surface area contributed by atoms with Gasteiger partial charge in [0, 0.05) is 5.69 Å². The number of benzene rings is 2. The van der Waals surface area contributed by atoms with Crippen LogP contribution in [0, 0.1) is 12.7 Å². The average Bonchev–Trinajstić information content (AvgIpc) is 2.29. The predicted molar refractivity (Wildman–Crippen MR) is 65.5 cm³/mol. The SMILES string of the molecule is Cc1cccc(NC(=O)c2ccccc2F)c1. The number of anilines is 1. The Morgan fingerprint density at radius 1 is 1.12 bits per heavy atom. The largest absolute Gasteiger partial charge is 0.322 e. The first-order chi connectivity index (χ1) is 8.16. The molecule has 2 aromatic rings. The van der Waals surface area contributed by atoms with Crippen molar-refractivity contribution in [3.8, 4) is 0 Å². The van der Waals surface area contributed by atoms with Gasteiger partial charge in [0.15, 0.2) is 0 Å². The van der Waals surface area contributed by atoms with E-state index in [1.54, 1.807) is 18.2 Å². The molecule has 0 radical (unpaired) electrons. The van der Waals surface area contributed by atoms with Gasteiger partial charge in [-0.1, -0.05) is 24.3 Å². The van der Waals surface area contributed by atoms with E-state index in [9.17, 15) is 9.18 Å². The maximum Gasteiger partial charge on any atom is 0.258 e. The fourth-order valence-corrected chi connectivity index (χ4v) is 1.57. The van der Waals surface area contributed by atoms with Crippen LogP contribution in [0.1, 0.15) is 15.9 Å². The third kappa shape index (κ3) is 2.69. The number of nitrogens with one attached hydrogen (secondary N) is 1. The maximum atomic E-state index is 13.4. The lowest BCUT2D eigenvalue weighted by Crippen LogP contribution is -2.13. The minimum absolute atomic E-state index is 0.0500. The lowest BCUT2D eigenvalue weighted by molar-refractivity contribution is 0.102. The Kier molecular flexibility index (Phi) is 3.19. The van der Waals surface area contributed by atoms with Crippen molar-refractivity contribution in [1.29, 1.82) is 0 Å². The van der Waals surface area contributed by atoms with Gasteiger partial charge in [0.25, 0.3) is 5.91 Å². The maximum absolute atomic E-state index is 13.4. The second kappa shape index (κ2) is 4.78. The first-order valence-electron chi connectivity index (χ1n) is 5.29. The first kappa shape index (κ1) is 11.3. The smallest absolute Gasteiger partial charge is 0.258 e. The summed E-state index contributed by atoms with van der Waals surface area (Å²) in [5, 5.41) is 2.66. The Bertz CT molecular complexity index is 551. The monoisotopic (exact) mass is 229 g/mol. The second-order valence-electron chi connectivity index (χ2n) is 3.80. The lowest BCUT2D eigenvalue weighted by Gasteiger charge is -2.06. The second-order valence-corrected chi connectivity index (χ2v) is 3.80. The van der Waals surface area contributed by atoms with Gasteiger partial charge in [-0.05, 0) is 36.8 Å². The summed E-state index contributed by atoms with van der Waals surface area (Å²) >= 11 is 0. The van der Waals surface area contributed by atoms with Gasteiger partial charge in [0.05, 0.1) is 5.56 Å². The number of carbonyl (C=O) groups excluding carboxylic acids is 1. The molecule has 0 heterocycles. The molecule has 1 N–H and O–H groups in total. The van der Waals surface area contributed by atoms with Crippen molar-refractivity contribution < 1.29 is 9.18 Å². The van der Waals surface area contributed by atoms with Crippen molar-refractivity contribution in [3.05, 3.63) is 65.5 Å². The molecular weight excluding hydrogens is 217 g/mol. The van der Waals surface area contributed by atoms with Crippen molar-refractivity contribution in [2.45, 2.75) is 6.92 Å². The molecule has 3 heteroatoms. The van der Waals surface area contributed by atoms with Crippen molar-refractivity contribution >= 4 is 11.6 Å². The molecule has 86 valence electrons. The van der Waals surface area contributed by atoms with Crippen LogP contribution >= 0.6 is 0 Å². The quantitative estimate of drug-likeness (QED) is 0.840. The number of carbonyl (C=O) groups is 1. The van der Waals surface area contributed by atoms with Crippen LogP contribution in [0.5, 0.6) is 0 Å². The van der Waals surface area contributed by atoms with Crippen LogP contribution in [0.25, 0.3) is 0 Å². The zero-order chi connectivity index (χ0) is 12.3. The molecule has 0 bridgehead atoms. The fourth-order valence-electron chi connectivity index (χ4n) is 1.57. The molecule has 0 aromatic heterocycles. The first-order valence-corrected chi connectivity index (χ1v) is 5.29. The van der Waals surface area contributed by atoms with E-state index in [-0.39, 0.29) is 5.56 Å². The molecule has 1 amide bonds. The van der Waals surface area contributed by atoms with Gasteiger partial charge in [-0.15, -0.1) is 0 Å². The number of amides is 1. The molecule has 0 unspecified atom stereocenters. The summed E-state index contributed by atoms with van der Waals surface area (Å²) in [7, 11) is 0. The van der Waals surface area contributed by atoms with Crippen LogP contribution in [0.4, 0.5) is 10.1 Å². The molecule has 0 saturated heterocycles. The molecule has 0 aliphatic rings. The highest BCUT2D eigenvalue weighted by molar-refractivity contribution is 6.04. The molecule has 2 aromatic carbocycles. The van der Waals surface area contributed by atoms with Crippen LogP contribution in [-0.4, -0.2) is 5.91 Å². The number of hydrogen-bond acceptors (Lipinski definition) is 1. The highest BCUT2D eigenvalue weighted by atomic mass is 19.1. The van der Waals surface area contributed by atoms with Gasteiger partial charge in [-0.2, -0.15) is 0 Å². The molecule has 0 saturated carbocycles. The molecular formula is C14H12FNO. The number of rotatable bonds is 2. The van der Waals surface area contributed by atoms with Crippen molar-refractivity contribution in [1.82, 2.24) is 0 Å². The van der Waals surface area contributed by atoms with Crippen LogP contribution in [0.15, 0.2) is 48.5 Å². The summed E-state index contributed by atoms with van der Waals surface area (Å²) in [6.07, 6.45) is 0. The molecule has 0 atom stereocenters. The Balaban J connectivity index is 2.20. The molecule has 0 aliphatic heterocycles. The van der Waals surface area contributed by atoms with E-state index in [0.717, 1.165) is 5.56 Å². The molecule has 0 fully saturated rings. The number of aryl methyl sites for hydroxylation is 1. The topological polar surface area (TPSA) is 29.1 Å². The van der Waals surface area contributed by atoms with E-state index in [0.29, 0.717) is 5.69 Å². The van der Waals surface area contributed by atoms with Crippen molar-refractivity contribution in [2.75, 3.05) is 5.32 Å². The van der Waals surface area contributed by atoms with E-state index >= 15 is 0 Å². The molecule has 0 spiro atoms. The summed E-state index contributed by atoms with van der Waals surface area (Å²) in [5.41, 5.74) is 1.75. The van der Waals surface area contributed by atoms with Crippen LogP contribution in [0.3, 0.4) is 0 Å². The van der Waals surface area contributed by atoms with E-state index in [4.69, 9.17) is 0 Å². The predicted octanol–water partition coefficient (Wildman–Crippen LogP) is 3.39. The van der Waals surface area contributed by atoms with Crippen molar-refractivity contribution in [3.63, 3.8) is 0 Å². The lowest BCUT2D eigenvalue weighted by atomic mass is 10.2. The zero-order valence-corrected chi connectivity index (χ0v) is 9.41. The Labute approximate surface area is 99.1 Å². The molecule has 0 aliphatic carbocycles. The van der Waals surface area contributed by atoms with Gasteiger partial charge >= 0.3 is 0 Å². The minimum Gasteiger partial charge on any atom is -0.322 e. The van der Waals surface area contributed by atoms with Crippen LogP contribution < -0.4 is 5.32 Å². The zero-order valence-electron chi connectivity index (χ0n) is 9.41. The summed E-state index contributed by atoms with van der Waals surface area (Å²) in [4.78, 5) is 11.8. The summed E-state index contributed by atoms with van der Waals surface area (Å²) in [6.45, 7) is 1.93. The Morgan fingerprint density at radius 3 is 2.59 bits per heavy atom. The van der Waals surface area contributed by atoms with E-state index in [1.165, 1.54) is 12.1 Å².